The molecule has 0 aromatic heterocycles. The van der Waals surface area contributed by atoms with Gasteiger partial charge >= 0.3 is 0 Å². The van der Waals surface area contributed by atoms with E-state index in [2.05, 4.69) is 26.0 Å². The summed E-state index contributed by atoms with van der Waals surface area (Å²) in [5.74, 6) is 0.445. The van der Waals surface area contributed by atoms with E-state index >= 15 is 0 Å². The molecule has 24 heavy (non-hydrogen) atoms. The van der Waals surface area contributed by atoms with Crippen LogP contribution in [-0.4, -0.2) is 10.2 Å². The summed E-state index contributed by atoms with van der Waals surface area (Å²) in [6.45, 7) is 6.36. The van der Waals surface area contributed by atoms with Crippen LogP contribution in [0, 0.1) is 6.92 Å². The molecule has 2 aromatic carbocycles. The van der Waals surface area contributed by atoms with Crippen molar-refractivity contribution in [3.8, 4) is 0 Å². The summed E-state index contributed by atoms with van der Waals surface area (Å²) in [6, 6.07) is 16.2. The van der Waals surface area contributed by atoms with Gasteiger partial charge in [-0.3, -0.25) is 9.69 Å². The molecule has 4 heteroatoms. The molecule has 0 spiro atoms. The molecule has 3 rings (SSSR count). The Kier molecular flexibility index (Phi) is 4.88. The molecule has 2 aromatic rings. The van der Waals surface area contributed by atoms with Crippen LogP contribution in [0.2, 0.25) is 0 Å². The fourth-order valence-corrected chi connectivity index (χ4v) is 3.81. The molecule has 0 unspecified atom stereocenters. The Morgan fingerprint density at radius 3 is 2.25 bits per heavy atom. The normalized spacial score (nSPS) is 16.5. The van der Waals surface area contributed by atoms with E-state index in [9.17, 15) is 4.79 Å². The van der Waals surface area contributed by atoms with Crippen LogP contribution in [0.1, 0.15) is 36.5 Å². The van der Waals surface area contributed by atoms with E-state index in [-0.39, 0.29) is 5.91 Å². The third-order valence-electron chi connectivity index (χ3n) is 3.99. The highest BCUT2D eigenvalue weighted by Crippen LogP contribution is 2.36. The van der Waals surface area contributed by atoms with Crippen molar-refractivity contribution in [2.75, 3.05) is 4.90 Å². The van der Waals surface area contributed by atoms with Crippen LogP contribution in [0.15, 0.2) is 53.4 Å². The van der Waals surface area contributed by atoms with E-state index < -0.39 is 0 Å². The first-order valence-corrected chi connectivity index (χ1v) is 9.13. The fraction of sp³-hybridized carbons (Fsp3) is 0.200. The van der Waals surface area contributed by atoms with Gasteiger partial charge in [-0.25, -0.2) is 0 Å². The third kappa shape index (κ3) is 3.45. The monoisotopic (exact) mass is 353 g/mol. The number of thioether (sulfide) groups is 1. The zero-order valence-electron chi connectivity index (χ0n) is 13.9. The molecular formula is C20H19NOS2. The highest BCUT2D eigenvalue weighted by atomic mass is 32.2. The first kappa shape index (κ1) is 16.9. The number of benzene rings is 2. The number of rotatable bonds is 3. The smallest absolute Gasteiger partial charge is 0.268 e. The largest absolute Gasteiger partial charge is 0.270 e. The van der Waals surface area contributed by atoms with Gasteiger partial charge in [0.15, 0.2) is 4.32 Å². The summed E-state index contributed by atoms with van der Waals surface area (Å²) in [4.78, 5) is 15.0. The number of thiocarbonyl (C=S) groups is 1. The number of carbonyl (C=O) groups excluding carboxylic acids is 1. The number of hydrogen-bond acceptors (Lipinski definition) is 3. The molecule has 1 aliphatic rings. The summed E-state index contributed by atoms with van der Waals surface area (Å²) >= 11 is 6.76. The summed E-state index contributed by atoms with van der Waals surface area (Å²) in [5.41, 5.74) is 4.29. The molecule has 122 valence electrons. The van der Waals surface area contributed by atoms with Crippen molar-refractivity contribution in [1.29, 1.82) is 0 Å². The van der Waals surface area contributed by atoms with Crippen molar-refractivity contribution in [1.82, 2.24) is 0 Å². The second-order valence-corrected chi connectivity index (χ2v) is 7.85. The van der Waals surface area contributed by atoms with Crippen molar-refractivity contribution in [2.45, 2.75) is 26.7 Å². The van der Waals surface area contributed by atoms with Crippen molar-refractivity contribution in [3.05, 3.63) is 70.1 Å². The first-order valence-electron chi connectivity index (χ1n) is 7.90. The van der Waals surface area contributed by atoms with Gasteiger partial charge in [-0.2, -0.15) is 0 Å². The minimum Gasteiger partial charge on any atom is -0.268 e. The van der Waals surface area contributed by atoms with E-state index in [1.165, 1.54) is 17.3 Å². The van der Waals surface area contributed by atoms with Crippen LogP contribution in [0.3, 0.4) is 0 Å². The van der Waals surface area contributed by atoms with Crippen LogP contribution >= 0.6 is 24.0 Å². The topological polar surface area (TPSA) is 20.3 Å². The summed E-state index contributed by atoms with van der Waals surface area (Å²) < 4.78 is 0.578. The Hall–Kier alpha value is -1.91. The molecule has 0 bridgehead atoms. The molecule has 1 amide bonds. The molecule has 0 radical (unpaired) electrons. The average Bonchev–Trinajstić information content (AvgIpc) is 2.83. The summed E-state index contributed by atoms with van der Waals surface area (Å²) in [7, 11) is 0. The molecule has 0 N–H and O–H groups in total. The third-order valence-corrected chi connectivity index (χ3v) is 5.29. The van der Waals surface area contributed by atoms with E-state index in [0.29, 0.717) is 15.1 Å². The van der Waals surface area contributed by atoms with Crippen molar-refractivity contribution in [2.24, 2.45) is 0 Å². The number of aryl methyl sites for hydroxylation is 1. The van der Waals surface area contributed by atoms with Gasteiger partial charge in [-0.15, -0.1) is 0 Å². The molecular weight excluding hydrogens is 334 g/mol. The lowest BCUT2D eigenvalue weighted by Gasteiger charge is -2.14. The minimum absolute atomic E-state index is 0.0539. The lowest BCUT2D eigenvalue weighted by molar-refractivity contribution is -0.113. The van der Waals surface area contributed by atoms with Crippen LogP contribution in [-0.2, 0) is 4.79 Å². The van der Waals surface area contributed by atoms with E-state index in [1.54, 1.807) is 4.90 Å². The first-order chi connectivity index (χ1) is 11.5. The number of hydrogen-bond donors (Lipinski definition) is 0. The maximum Gasteiger partial charge on any atom is 0.270 e. The Labute approximate surface area is 152 Å². The van der Waals surface area contributed by atoms with Crippen LogP contribution < -0.4 is 4.90 Å². The molecule has 1 fully saturated rings. The Bertz CT molecular complexity index is 805. The second-order valence-electron chi connectivity index (χ2n) is 6.17. The standard InChI is InChI=1S/C20H19NOS2/c1-13(2)16-8-6-15(7-9-16)12-18-19(22)21(20(23)24-18)17-10-4-14(3)5-11-17/h4-13H,1-3H3. The van der Waals surface area contributed by atoms with Gasteiger partial charge in [-0.05, 0) is 42.2 Å². The quantitative estimate of drug-likeness (QED) is 0.535. The number of nitrogens with zero attached hydrogens (tertiary/aromatic N) is 1. The number of amides is 1. The Morgan fingerprint density at radius 1 is 1.04 bits per heavy atom. The highest BCUT2D eigenvalue weighted by molar-refractivity contribution is 8.27. The van der Waals surface area contributed by atoms with Gasteiger partial charge in [-0.1, -0.05) is 79.8 Å². The van der Waals surface area contributed by atoms with E-state index in [1.807, 2.05) is 49.4 Å². The fourth-order valence-electron chi connectivity index (χ4n) is 2.51. The van der Waals surface area contributed by atoms with E-state index in [4.69, 9.17) is 12.2 Å². The molecule has 1 heterocycles. The van der Waals surface area contributed by atoms with Crippen molar-refractivity contribution in [3.63, 3.8) is 0 Å². The van der Waals surface area contributed by atoms with Gasteiger partial charge in [0, 0.05) is 0 Å². The van der Waals surface area contributed by atoms with Gasteiger partial charge in [0.2, 0.25) is 0 Å². The van der Waals surface area contributed by atoms with Gasteiger partial charge in [0.25, 0.3) is 5.91 Å². The maximum absolute atomic E-state index is 12.7. The van der Waals surface area contributed by atoms with Gasteiger partial charge < -0.3 is 0 Å². The molecule has 0 atom stereocenters. The predicted molar refractivity (Wildman–Crippen MR) is 107 cm³/mol. The summed E-state index contributed by atoms with van der Waals surface area (Å²) in [6.07, 6.45) is 1.91. The highest BCUT2D eigenvalue weighted by Gasteiger charge is 2.33. The SMILES string of the molecule is Cc1ccc(N2C(=O)C(=Cc3ccc(C(C)C)cc3)SC2=S)cc1. The summed E-state index contributed by atoms with van der Waals surface area (Å²) in [5, 5.41) is 0. The molecule has 1 saturated heterocycles. The van der Waals surface area contributed by atoms with Gasteiger partial charge in [0.05, 0.1) is 10.6 Å². The molecule has 2 nitrogen and oxygen atoms in total. The van der Waals surface area contributed by atoms with Crippen LogP contribution in [0.25, 0.3) is 6.08 Å². The lowest BCUT2D eigenvalue weighted by atomic mass is 10.0. The van der Waals surface area contributed by atoms with Crippen LogP contribution in [0.5, 0.6) is 0 Å². The van der Waals surface area contributed by atoms with Crippen molar-refractivity contribution >= 4 is 46.0 Å². The molecule has 1 aliphatic heterocycles. The van der Waals surface area contributed by atoms with Gasteiger partial charge in [0.1, 0.15) is 0 Å². The number of anilines is 1. The maximum atomic E-state index is 12.7. The molecule has 0 saturated carbocycles. The lowest BCUT2D eigenvalue weighted by Crippen LogP contribution is -2.27. The average molecular weight is 354 g/mol. The van der Waals surface area contributed by atoms with E-state index in [0.717, 1.165) is 16.8 Å². The molecule has 0 aliphatic carbocycles. The number of carbonyl (C=O) groups is 1. The second kappa shape index (κ2) is 6.91. The Morgan fingerprint density at radius 2 is 1.67 bits per heavy atom. The zero-order valence-corrected chi connectivity index (χ0v) is 15.6. The zero-order chi connectivity index (χ0) is 17.3. The Balaban J connectivity index is 1.86. The predicted octanol–water partition coefficient (Wildman–Crippen LogP) is 5.52. The van der Waals surface area contributed by atoms with Crippen molar-refractivity contribution < 1.29 is 4.79 Å². The minimum atomic E-state index is -0.0539. The van der Waals surface area contributed by atoms with Crippen LogP contribution in [0.4, 0.5) is 5.69 Å².